The number of esters is 1. The highest BCUT2D eigenvalue weighted by atomic mass is 16.7. The molecule has 1 heterocycles. The number of hydrogen-bond acceptors (Lipinski definition) is 8. The van der Waals surface area contributed by atoms with E-state index in [0.717, 1.165) is 22.3 Å². The highest BCUT2D eigenvalue weighted by Crippen LogP contribution is 2.45. The predicted octanol–water partition coefficient (Wildman–Crippen LogP) is 6.74. The third-order valence-electron chi connectivity index (χ3n) is 8.47. The van der Waals surface area contributed by atoms with E-state index in [1.54, 1.807) is 33.0 Å². The monoisotopic (exact) mass is 637 g/mol. The second kappa shape index (κ2) is 15.3. The van der Waals surface area contributed by atoms with Crippen molar-refractivity contribution >= 4 is 18.0 Å². The molecule has 1 saturated heterocycles. The van der Waals surface area contributed by atoms with Gasteiger partial charge in [0.25, 0.3) is 0 Å². The molecule has 1 aliphatic rings. The van der Waals surface area contributed by atoms with Gasteiger partial charge in [0, 0.05) is 0 Å². The minimum absolute atomic E-state index is 0.0276. The Hall–Kier alpha value is -5.31. The van der Waals surface area contributed by atoms with Gasteiger partial charge in [0.2, 0.25) is 5.91 Å². The molecule has 0 aromatic heterocycles. The second-order valence-corrected chi connectivity index (χ2v) is 11.4. The molecular weight excluding hydrogens is 598 g/mol. The van der Waals surface area contributed by atoms with Crippen LogP contribution < -0.4 is 9.47 Å². The van der Waals surface area contributed by atoms with Crippen molar-refractivity contribution in [2.45, 2.75) is 45.2 Å². The van der Waals surface area contributed by atoms with Crippen LogP contribution in [-0.4, -0.2) is 49.3 Å². The van der Waals surface area contributed by atoms with E-state index in [2.05, 4.69) is 0 Å². The van der Waals surface area contributed by atoms with Gasteiger partial charge in [0.15, 0.2) is 0 Å². The smallest absolute Gasteiger partial charge is 0.497 e. The number of carbonyl (C=O) groups is 3. The first-order valence-electron chi connectivity index (χ1n) is 15.5. The van der Waals surface area contributed by atoms with Crippen molar-refractivity contribution in [3.8, 4) is 11.5 Å². The van der Waals surface area contributed by atoms with Crippen LogP contribution in [0.1, 0.15) is 42.1 Å². The standard InChI is InChI=1S/C38H39NO8/c1-25(37(41)45-23-27-11-7-5-8-12-27)34-33(26(2)47-38(42)46-24-28-13-9-6-10-14-28)36(40)39(34)35(29-15-19-31(43-3)20-16-29)30-17-21-32(44-4)22-18-30/h5-22,25-26,33-35H,23-24H2,1-4H3/t25?,26-,33-,34-/m1/s1. The summed E-state index contributed by atoms with van der Waals surface area (Å²) in [7, 11) is 3.18. The summed E-state index contributed by atoms with van der Waals surface area (Å²) in [5.41, 5.74) is 3.28. The first-order chi connectivity index (χ1) is 22.8. The van der Waals surface area contributed by atoms with Crippen LogP contribution in [-0.2, 0) is 37.0 Å². The summed E-state index contributed by atoms with van der Waals surface area (Å²) in [6.07, 6.45) is -1.78. The summed E-state index contributed by atoms with van der Waals surface area (Å²) in [4.78, 5) is 42.2. The van der Waals surface area contributed by atoms with Crippen molar-refractivity contribution in [2.24, 2.45) is 11.8 Å². The zero-order chi connectivity index (χ0) is 33.3. The van der Waals surface area contributed by atoms with Gasteiger partial charge in [-0.3, -0.25) is 9.59 Å². The van der Waals surface area contributed by atoms with E-state index in [4.69, 9.17) is 23.7 Å². The summed E-state index contributed by atoms with van der Waals surface area (Å²) < 4.78 is 27.5. The van der Waals surface area contributed by atoms with E-state index in [1.165, 1.54) is 0 Å². The minimum Gasteiger partial charge on any atom is -0.497 e. The number of methoxy groups -OCH3 is 2. The molecule has 0 N–H and O–H groups in total. The zero-order valence-electron chi connectivity index (χ0n) is 26.9. The first-order valence-corrected chi connectivity index (χ1v) is 15.5. The van der Waals surface area contributed by atoms with Crippen LogP contribution in [0.15, 0.2) is 109 Å². The Bertz CT molecular complexity index is 1580. The van der Waals surface area contributed by atoms with Crippen LogP contribution >= 0.6 is 0 Å². The van der Waals surface area contributed by atoms with Crippen LogP contribution in [0, 0.1) is 11.8 Å². The molecule has 1 fully saturated rings. The number of likely N-dealkylation sites (tertiary alicyclic amines) is 1. The Balaban J connectivity index is 1.44. The Morgan fingerprint density at radius 1 is 0.681 bits per heavy atom. The van der Waals surface area contributed by atoms with Crippen molar-refractivity contribution in [3.05, 3.63) is 131 Å². The maximum atomic E-state index is 14.2. The van der Waals surface area contributed by atoms with E-state index in [0.29, 0.717) is 11.5 Å². The third kappa shape index (κ3) is 7.74. The molecule has 0 radical (unpaired) electrons. The molecule has 4 aromatic carbocycles. The van der Waals surface area contributed by atoms with Gasteiger partial charge in [-0.2, -0.15) is 0 Å². The van der Waals surface area contributed by atoms with Crippen LogP contribution in [0.4, 0.5) is 4.79 Å². The highest BCUT2D eigenvalue weighted by molar-refractivity contribution is 5.90. The number of ether oxygens (including phenoxy) is 5. The molecule has 5 rings (SSSR count). The van der Waals surface area contributed by atoms with Gasteiger partial charge in [-0.1, -0.05) is 84.9 Å². The molecular formula is C38H39NO8. The Morgan fingerprint density at radius 3 is 1.62 bits per heavy atom. The molecule has 1 unspecified atom stereocenters. The second-order valence-electron chi connectivity index (χ2n) is 11.4. The van der Waals surface area contributed by atoms with E-state index in [1.807, 2.05) is 109 Å². The fourth-order valence-corrected chi connectivity index (χ4v) is 5.95. The van der Waals surface area contributed by atoms with Crippen molar-refractivity contribution in [3.63, 3.8) is 0 Å². The lowest BCUT2D eigenvalue weighted by molar-refractivity contribution is -0.179. The normalized spacial score (nSPS) is 16.9. The molecule has 244 valence electrons. The summed E-state index contributed by atoms with van der Waals surface area (Å²) in [6.45, 7) is 3.51. The highest BCUT2D eigenvalue weighted by Gasteiger charge is 2.57. The number of rotatable bonds is 13. The summed E-state index contributed by atoms with van der Waals surface area (Å²) in [5.74, 6) is -0.980. The molecule has 0 aliphatic carbocycles. The molecule has 0 spiro atoms. The third-order valence-corrected chi connectivity index (χ3v) is 8.47. The Morgan fingerprint density at radius 2 is 1.15 bits per heavy atom. The maximum Gasteiger partial charge on any atom is 0.508 e. The fraction of sp³-hybridized carbons (Fsp3) is 0.289. The van der Waals surface area contributed by atoms with E-state index >= 15 is 0 Å². The first kappa shape index (κ1) is 33.1. The average Bonchev–Trinajstić information content (AvgIpc) is 3.11. The van der Waals surface area contributed by atoms with Gasteiger partial charge in [0.05, 0.1) is 38.1 Å². The Labute approximate surface area is 275 Å². The van der Waals surface area contributed by atoms with Gasteiger partial charge < -0.3 is 28.6 Å². The van der Waals surface area contributed by atoms with Gasteiger partial charge >= 0.3 is 12.1 Å². The SMILES string of the molecule is COc1ccc(C(c2ccc(OC)cc2)N2C(=O)[C@H]([C@@H](C)OC(=O)OCc3ccccc3)[C@H]2C(C)C(=O)OCc2ccccc2)cc1. The van der Waals surface area contributed by atoms with E-state index < -0.39 is 42.1 Å². The van der Waals surface area contributed by atoms with Crippen molar-refractivity contribution in [2.75, 3.05) is 14.2 Å². The molecule has 4 atom stereocenters. The molecule has 9 heteroatoms. The fourth-order valence-electron chi connectivity index (χ4n) is 5.95. The van der Waals surface area contributed by atoms with Gasteiger partial charge in [-0.05, 0) is 60.4 Å². The Kier molecular flexibility index (Phi) is 10.8. The topological polar surface area (TPSA) is 101 Å². The molecule has 0 saturated carbocycles. The number of nitrogens with zero attached hydrogens (tertiary/aromatic N) is 1. The lowest BCUT2D eigenvalue weighted by Gasteiger charge is -2.54. The number of carbonyl (C=O) groups excluding carboxylic acids is 3. The average molecular weight is 638 g/mol. The molecule has 47 heavy (non-hydrogen) atoms. The molecule has 9 nitrogen and oxygen atoms in total. The van der Waals surface area contributed by atoms with Crippen LogP contribution in [0.3, 0.4) is 0 Å². The molecule has 4 aromatic rings. The van der Waals surface area contributed by atoms with E-state index in [9.17, 15) is 14.4 Å². The summed E-state index contributed by atoms with van der Waals surface area (Å²) in [6, 6.07) is 32.3. The number of benzene rings is 4. The van der Waals surface area contributed by atoms with Crippen LogP contribution in [0.2, 0.25) is 0 Å². The largest absolute Gasteiger partial charge is 0.508 e. The van der Waals surface area contributed by atoms with Crippen molar-refractivity contribution in [1.82, 2.24) is 4.90 Å². The lowest BCUT2D eigenvalue weighted by Crippen LogP contribution is -2.68. The van der Waals surface area contributed by atoms with Gasteiger partial charge in [-0.25, -0.2) is 4.79 Å². The van der Waals surface area contributed by atoms with E-state index in [-0.39, 0.29) is 19.1 Å². The summed E-state index contributed by atoms with van der Waals surface area (Å²) in [5, 5.41) is 0. The molecule has 1 amide bonds. The molecule has 1 aliphatic heterocycles. The van der Waals surface area contributed by atoms with Crippen molar-refractivity contribution < 1.29 is 38.1 Å². The minimum atomic E-state index is -0.896. The van der Waals surface area contributed by atoms with Crippen molar-refractivity contribution in [1.29, 1.82) is 0 Å². The number of hydrogen-bond donors (Lipinski definition) is 0. The van der Waals surface area contributed by atoms with Gasteiger partial charge in [0.1, 0.15) is 30.8 Å². The van der Waals surface area contributed by atoms with Crippen LogP contribution in [0.5, 0.6) is 11.5 Å². The van der Waals surface area contributed by atoms with Gasteiger partial charge in [-0.15, -0.1) is 0 Å². The quantitative estimate of drug-likeness (QED) is 0.117. The predicted molar refractivity (Wildman–Crippen MR) is 175 cm³/mol. The number of β-lactam (4-membered cyclic amide) rings is 1. The lowest BCUT2D eigenvalue weighted by atomic mass is 9.74. The van der Waals surface area contributed by atoms with Crippen LogP contribution in [0.25, 0.3) is 0 Å². The molecule has 0 bridgehead atoms. The summed E-state index contributed by atoms with van der Waals surface area (Å²) >= 11 is 0. The zero-order valence-corrected chi connectivity index (χ0v) is 26.9. The maximum absolute atomic E-state index is 14.2. The number of amides is 1.